The molecule has 0 atom stereocenters. The van der Waals surface area contributed by atoms with Gasteiger partial charge in [-0.2, -0.15) is 0 Å². The number of fused-ring (bicyclic) bond motifs is 1. The maximum absolute atomic E-state index is 12.0. The molecule has 18 heavy (non-hydrogen) atoms. The van der Waals surface area contributed by atoms with E-state index in [1.807, 2.05) is 0 Å². The van der Waals surface area contributed by atoms with Crippen LogP contribution in [-0.4, -0.2) is 13.6 Å². The van der Waals surface area contributed by atoms with Crippen molar-refractivity contribution in [2.75, 3.05) is 0 Å². The molecule has 0 saturated carbocycles. The number of hydrogen-bond donors (Lipinski definition) is 0. The molecule has 1 aromatic carbocycles. The highest BCUT2D eigenvalue weighted by Gasteiger charge is 2.16. The lowest BCUT2D eigenvalue weighted by atomic mass is 10.1. The van der Waals surface area contributed by atoms with Crippen molar-refractivity contribution in [3.8, 4) is 0 Å². The van der Waals surface area contributed by atoms with Gasteiger partial charge in [-0.3, -0.25) is 4.79 Å². The Morgan fingerprint density at radius 2 is 2.06 bits per heavy atom. The number of aryl methyl sites for hydroxylation is 1. The van der Waals surface area contributed by atoms with Crippen molar-refractivity contribution >= 4 is 42.3 Å². The van der Waals surface area contributed by atoms with E-state index in [4.69, 9.17) is 26.8 Å². The van der Waals surface area contributed by atoms with Crippen LogP contribution in [0.2, 0.25) is 5.02 Å². The topological polar surface area (TPSA) is 77.2 Å². The summed E-state index contributed by atoms with van der Waals surface area (Å²) < 4.78 is 26.9. The second-order valence-corrected chi connectivity index (χ2v) is 6.95. The van der Waals surface area contributed by atoms with Crippen LogP contribution < -0.4 is 5.43 Å². The van der Waals surface area contributed by atoms with E-state index in [-0.39, 0.29) is 16.7 Å². The molecule has 2 aromatic rings. The largest absolute Gasteiger partial charge is 0.355 e. The number of aromatic nitrogens is 1. The van der Waals surface area contributed by atoms with Gasteiger partial charge < -0.3 is 4.52 Å². The van der Waals surface area contributed by atoms with Crippen molar-refractivity contribution in [1.82, 2.24) is 5.16 Å². The third kappa shape index (κ3) is 2.66. The highest BCUT2D eigenvalue weighted by atomic mass is 35.7. The molecule has 0 radical (unpaired) electrons. The highest BCUT2D eigenvalue weighted by molar-refractivity contribution is 8.13. The number of hydrogen-bond acceptors (Lipinski definition) is 5. The lowest BCUT2D eigenvalue weighted by Gasteiger charge is -2.02. The van der Waals surface area contributed by atoms with Gasteiger partial charge in [0.2, 0.25) is 14.5 Å². The van der Waals surface area contributed by atoms with E-state index >= 15 is 0 Å². The summed E-state index contributed by atoms with van der Waals surface area (Å²) >= 11 is 5.84. The first-order chi connectivity index (χ1) is 8.28. The molecule has 0 spiro atoms. The Morgan fingerprint density at radius 3 is 2.67 bits per heavy atom. The van der Waals surface area contributed by atoms with Crippen molar-refractivity contribution in [3.63, 3.8) is 0 Å². The van der Waals surface area contributed by atoms with Crippen molar-refractivity contribution in [1.29, 1.82) is 0 Å². The monoisotopic (exact) mass is 307 g/mol. The lowest BCUT2D eigenvalue weighted by Crippen LogP contribution is -2.14. The third-order valence-corrected chi connectivity index (χ3v) is 3.47. The van der Waals surface area contributed by atoms with Crippen LogP contribution >= 0.6 is 22.3 Å². The minimum absolute atomic E-state index is 0.185. The normalized spacial score (nSPS) is 11.9. The van der Waals surface area contributed by atoms with Crippen molar-refractivity contribution in [3.05, 3.63) is 38.6 Å². The number of nitrogens with zero attached hydrogens (tertiary/aromatic N) is 1. The van der Waals surface area contributed by atoms with Crippen molar-refractivity contribution < 1.29 is 12.9 Å². The minimum atomic E-state index is -3.87. The first kappa shape index (κ1) is 13.3. The fourth-order valence-corrected chi connectivity index (χ4v) is 2.67. The number of benzene rings is 1. The molecule has 0 bridgehead atoms. The van der Waals surface area contributed by atoms with Gasteiger partial charge in [0.25, 0.3) is 0 Å². The van der Waals surface area contributed by atoms with E-state index in [2.05, 4.69) is 5.16 Å². The fraction of sp³-hybridized carbons (Fsp3) is 0.200. The molecule has 0 aliphatic carbocycles. The minimum Gasteiger partial charge on any atom is -0.355 e. The Labute approximate surface area is 112 Å². The summed E-state index contributed by atoms with van der Waals surface area (Å²) in [6.07, 6.45) is 0. The molecule has 0 saturated heterocycles. The standard InChI is InChI=1S/C10H7Cl2NO4S/c1-5-2-6(11)3-7-9(14)8(4-18(12,15)16)13-17-10(5)7/h2-3H,4H2,1H3. The maximum Gasteiger partial charge on any atom is 0.238 e. The SMILES string of the molecule is Cc1cc(Cl)cc2c(=O)c(CS(=O)(=O)Cl)noc12. The molecular weight excluding hydrogens is 301 g/mol. The Balaban J connectivity index is 2.76. The van der Waals surface area contributed by atoms with Gasteiger partial charge in [-0.05, 0) is 24.6 Å². The summed E-state index contributed by atoms with van der Waals surface area (Å²) in [6, 6.07) is 3.02. The first-order valence-corrected chi connectivity index (χ1v) is 7.64. The molecule has 1 aromatic heterocycles. The molecule has 0 amide bonds. The molecule has 5 nitrogen and oxygen atoms in total. The Hall–Kier alpha value is -1.11. The summed E-state index contributed by atoms with van der Waals surface area (Å²) in [4.78, 5) is 12.0. The van der Waals surface area contributed by atoms with Gasteiger partial charge in [0, 0.05) is 15.7 Å². The zero-order valence-corrected chi connectivity index (χ0v) is 11.4. The van der Waals surface area contributed by atoms with Crippen LogP contribution in [0.15, 0.2) is 21.5 Å². The Kier molecular flexibility index (Phi) is 3.35. The van der Waals surface area contributed by atoms with E-state index in [1.54, 1.807) is 13.0 Å². The third-order valence-electron chi connectivity index (χ3n) is 2.30. The second-order valence-electron chi connectivity index (χ2n) is 3.74. The van der Waals surface area contributed by atoms with Crippen molar-refractivity contribution in [2.45, 2.75) is 12.7 Å². The van der Waals surface area contributed by atoms with Crippen LogP contribution in [0, 0.1) is 6.92 Å². The summed E-state index contributed by atoms with van der Waals surface area (Å²) in [5.41, 5.74) is 0.104. The van der Waals surface area contributed by atoms with Gasteiger partial charge in [0.15, 0.2) is 5.58 Å². The number of halogens is 2. The van der Waals surface area contributed by atoms with Crippen molar-refractivity contribution in [2.24, 2.45) is 0 Å². The van der Waals surface area contributed by atoms with Crippen LogP contribution in [0.25, 0.3) is 11.0 Å². The van der Waals surface area contributed by atoms with Gasteiger partial charge >= 0.3 is 0 Å². The molecule has 0 aliphatic rings. The molecule has 2 rings (SSSR count). The Morgan fingerprint density at radius 1 is 1.39 bits per heavy atom. The highest BCUT2D eigenvalue weighted by Crippen LogP contribution is 2.21. The van der Waals surface area contributed by atoms with E-state index in [0.717, 1.165) is 0 Å². The average Bonchev–Trinajstić information content (AvgIpc) is 2.21. The molecule has 0 aliphatic heterocycles. The molecule has 96 valence electrons. The molecular formula is C10H7Cl2NO4S. The van der Waals surface area contributed by atoms with E-state index in [0.29, 0.717) is 10.6 Å². The van der Waals surface area contributed by atoms with Gasteiger partial charge in [-0.15, -0.1) is 0 Å². The Bertz CT molecular complexity index is 782. The van der Waals surface area contributed by atoms with Gasteiger partial charge in [-0.1, -0.05) is 16.8 Å². The molecule has 8 heteroatoms. The van der Waals surface area contributed by atoms with Crippen LogP contribution in [0.5, 0.6) is 0 Å². The van der Waals surface area contributed by atoms with E-state index in [1.165, 1.54) is 6.07 Å². The quantitative estimate of drug-likeness (QED) is 0.795. The first-order valence-electron chi connectivity index (χ1n) is 4.79. The zero-order chi connectivity index (χ0) is 13.5. The average molecular weight is 308 g/mol. The van der Waals surface area contributed by atoms with Crippen LogP contribution in [0.4, 0.5) is 0 Å². The van der Waals surface area contributed by atoms with Gasteiger partial charge in [0.1, 0.15) is 11.4 Å². The number of rotatable bonds is 2. The predicted octanol–water partition coefficient (Wildman–Crippen LogP) is 2.22. The maximum atomic E-state index is 12.0. The van der Waals surface area contributed by atoms with E-state index in [9.17, 15) is 13.2 Å². The zero-order valence-electron chi connectivity index (χ0n) is 9.11. The second kappa shape index (κ2) is 4.53. The fourth-order valence-electron chi connectivity index (χ4n) is 1.57. The van der Waals surface area contributed by atoms with Gasteiger partial charge in [-0.25, -0.2) is 8.42 Å². The van der Waals surface area contributed by atoms with E-state index < -0.39 is 20.2 Å². The molecule has 0 N–H and O–H groups in total. The smallest absolute Gasteiger partial charge is 0.238 e. The van der Waals surface area contributed by atoms with Crippen LogP contribution in [-0.2, 0) is 14.8 Å². The summed E-state index contributed by atoms with van der Waals surface area (Å²) in [7, 11) is 1.21. The lowest BCUT2D eigenvalue weighted by molar-refractivity contribution is 0.428. The predicted molar refractivity (Wildman–Crippen MR) is 68.5 cm³/mol. The van der Waals surface area contributed by atoms with Crippen LogP contribution in [0.3, 0.4) is 0 Å². The molecule has 0 unspecified atom stereocenters. The van der Waals surface area contributed by atoms with Gasteiger partial charge in [0.05, 0.1) is 5.39 Å². The summed E-state index contributed by atoms with van der Waals surface area (Å²) in [5.74, 6) is -0.682. The summed E-state index contributed by atoms with van der Waals surface area (Å²) in [6.45, 7) is 1.71. The molecule has 0 fully saturated rings. The van der Waals surface area contributed by atoms with Crippen LogP contribution in [0.1, 0.15) is 11.3 Å². The molecule has 1 heterocycles. The summed E-state index contributed by atoms with van der Waals surface area (Å²) in [5, 5.41) is 4.03.